The number of nitro groups is 1. The summed E-state index contributed by atoms with van der Waals surface area (Å²) >= 11 is 11.9. The van der Waals surface area contributed by atoms with Gasteiger partial charge in [-0.3, -0.25) is 10.1 Å². The van der Waals surface area contributed by atoms with Crippen LogP contribution in [0.3, 0.4) is 0 Å². The van der Waals surface area contributed by atoms with E-state index in [0.717, 1.165) is 5.56 Å². The number of nitrogens with one attached hydrogen (secondary N) is 1. The molecule has 21 heavy (non-hydrogen) atoms. The van der Waals surface area contributed by atoms with E-state index in [1.54, 1.807) is 18.2 Å². The van der Waals surface area contributed by atoms with Gasteiger partial charge in [0.25, 0.3) is 5.69 Å². The molecule has 0 fully saturated rings. The first-order chi connectivity index (χ1) is 10.0. The predicted octanol–water partition coefficient (Wildman–Crippen LogP) is 4.39. The van der Waals surface area contributed by atoms with Crippen molar-refractivity contribution in [1.82, 2.24) is 0 Å². The van der Waals surface area contributed by atoms with Gasteiger partial charge in [-0.2, -0.15) is 5.26 Å². The first-order valence-electron chi connectivity index (χ1n) is 5.87. The number of nitrogens with zero attached hydrogens (tertiary/aromatic N) is 2. The second-order valence-corrected chi connectivity index (χ2v) is 5.03. The van der Waals surface area contributed by atoms with E-state index >= 15 is 0 Å². The van der Waals surface area contributed by atoms with Crippen molar-refractivity contribution in [2.45, 2.75) is 6.54 Å². The topological polar surface area (TPSA) is 79.0 Å². The van der Waals surface area contributed by atoms with Gasteiger partial charge in [0.05, 0.1) is 16.2 Å². The van der Waals surface area contributed by atoms with Crippen molar-refractivity contribution in [3.63, 3.8) is 0 Å². The quantitative estimate of drug-likeness (QED) is 0.669. The molecule has 0 unspecified atom stereocenters. The van der Waals surface area contributed by atoms with Gasteiger partial charge in [-0.15, -0.1) is 0 Å². The lowest BCUT2D eigenvalue weighted by atomic mass is 10.1. The summed E-state index contributed by atoms with van der Waals surface area (Å²) in [4.78, 5) is 10.1. The van der Waals surface area contributed by atoms with Crippen LogP contribution >= 0.6 is 23.2 Å². The molecule has 0 aliphatic rings. The van der Waals surface area contributed by atoms with E-state index in [1.165, 1.54) is 18.2 Å². The van der Waals surface area contributed by atoms with Gasteiger partial charge >= 0.3 is 0 Å². The van der Waals surface area contributed by atoms with Crippen LogP contribution < -0.4 is 5.32 Å². The first-order valence-corrected chi connectivity index (χ1v) is 6.63. The van der Waals surface area contributed by atoms with Crippen molar-refractivity contribution in [3.8, 4) is 6.07 Å². The highest BCUT2D eigenvalue weighted by molar-refractivity contribution is 6.35. The predicted molar refractivity (Wildman–Crippen MR) is 81.6 cm³/mol. The zero-order valence-electron chi connectivity index (χ0n) is 10.6. The minimum absolute atomic E-state index is 0.123. The summed E-state index contributed by atoms with van der Waals surface area (Å²) in [7, 11) is 0. The molecule has 0 atom stereocenters. The van der Waals surface area contributed by atoms with Crippen LogP contribution in [0.5, 0.6) is 0 Å². The third-order valence-electron chi connectivity index (χ3n) is 2.82. The monoisotopic (exact) mass is 321 g/mol. The van der Waals surface area contributed by atoms with Gasteiger partial charge in [-0.05, 0) is 23.8 Å². The molecule has 0 aliphatic carbocycles. The Balaban J connectivity index is 2.20. The van der Waals surface area contributed by atoms with Gasteiger partial charge in [0.15, 0.2) is 0 Å². The molecule has 0 bridgehead atoms. The van der Waals surface area contributed by atoms with E-state index in [9.17, 15) is 10.1 Å². The lowest BCUT2D eigenvalue weighted by molar-refractivity contribution is -0.384. The smallest absolute Gasteiger partial charge is 0.270 e. The van der Waals surface area contributed by atoms with Crippen LogP contribution in [0.25, 0.3) is 0 Å². The normalized spacial score (nSPS) is 9.95. The van der Waals surface area contributed by atoms with Crippen LogP contribution in [0.2, 0.25) is 10.0 Å². The van der Waals surface area contributed by atoms with Gasteiger partial charge in [0.1, 0.15) is 6.07 Å². The van der Waals surface area contributed by atoms with E-state index in [1.807, 2.05) is 6.07 Å². The number of anilines is 1. The standard InChI is InChI=1S/C14H9Cl2N3O2/c15-11-2-1-9(13(16)6-11)8-18-14-4-3-12(19(20)21)5-10(14)7-17/h1-6,18H,8H2. The molecule has 0 saturated carbocycles. The number of nitriles is 1. The molecule has 0 aliphatic heterocycles. The minimum Gasteiger partial charge on any atom is -0.380 e. The molecule has 0 radical (unpaired) electrons. The largest absolute Gasteiger partial charge is 0.380 e. The fourth-order valence-electron chi connectivity index (χ4n) is 1.75. The molecule has 2 rings (SSSR count). The Morgan fingerprint density at radius 3 is 2.62 bits per heavy atom. The van der Waals surface area contributed by atoms with Gasteiger partial charge < -0.3 is 5.32 Å². The van der Waals surface area contributed by atoms with Crippen LogP contribution in [0.4, 0.5) is 11.4 Å². The highest BCUT2D eigenvalue weighted by Gasteiger charge is 2.11. The van der Waals surface area contributed by atoms with Crippen molar-refractivity contribution in [3.05, 3.63) is 67.7 Å². The molecule has 2 aromatic carbocycles. The molecule has 5 nitrogen and oxygen atoms in total. The fraction of sp³-hybridized carbons (Fsp3) is 0.0714. The summed E-state index contributed by atoms with van der Waals surface area (Å²) in [6.45, 7) is 0.377. The number of rotatable bonds is 4. The second kappa shape index (κ2) is 6.44. The van der Waals surface area contributed by atoms with E-state index in [-0.39, 0.29) is 11.3 Å². The molecule has 1 N–H and O–H groups in total. The summed E-state index contributed by atoms with van der Waals surface area (Å²) < 4.78 is 0. The van der Waals surface area contributed by atoms with Gasteiger partial charge in [0.2, 0.25) is 0 Å². The van der Waals surface area contributed by atoms with E-state index in [2.05, 4.69) is 5.32 Å². The van der Waals surface area contributed by atoms with Crippen molar-refractivity contribution < 1.29 is 4.92 Å². The zero-order valence-corrected chi connectivity index (χ0v) is 12.1. The molecule has 106 valence electrons. The van der Waals surface area contributed by atoms with Crippen LogP contribution in [0, 0.1) is 21.4 Å². The summed E-state index contributed by atoms with van der Waals surface area (Å²) in [5.74, 6) is 0. The highest BCUT2D eigenvalue weighted by atomic mass is 35.5. The Morgan fingerprint density at radius 2 is 2.00 bits per heavy atom. The number of benzene rings is 2. The molecule has 0 amide bonds. The van der Waals surface area contributed by atoms with E-state index in [0.29, 0.717) is 22.3 Å². The first kappa shape index (κ1) is 15.1. The average Bonchev–Trinajstić information content (AvgIpc) is 2.46. The molecule has 0 heterocycles. The fourth-order valence-corrected chi connectivity index (χ4v) is 2.22. The minimum atomic E-state index is -0.541. The SMILES string of the molecule is N#Cc1cc([N+](=O)[O-])ccc1NCc1ccc(Cl)cc1Cl. The van der Waals surface area contributed by atoms with Crippen LogP contribution in [0.15, 0.2) is 36.4 Å². The van der Waals surface area contributed by atoms with Gasteiger partial charge in [-0.1, -0.05) is 29.3 Å². The molecule has 0 spiro atoms. The maximum absolute atomic E-state index is 10.7. The maximum Gasteiger partial charge on any atom is 0.270 e. The summed E-state index contributed by atoms with van der Waals surface area (Å²) in [5.41, 5.74) is 1.40. The number of halogens is 2. The average molecular weight is 322 g/mol. The van der Waals surface area contributed by atoms with Crippen molar-refractivity contribution in [2.24, 2.45) is 0 Å². The summed E-state index contributed by atoms with van der Waals surface area (Å²) in [6, 6.07) is 11.1. The highest BCUT2D eigenvalue weighted by Crippen LogP contribution is 2.24. The Hall–Kier alpha value is -2.29. The van der Waals surface area contributed by atoms with Crippen LogP contribution in [-0.4, -0.2) is 4.92 Å². The maximum atomic E-state index is 10.7. The number of nitro benzene ring substituents is 1. The second-order valence-electron chi connectivity index (χ2n) is 4.19. The van der Waals surface area contributed by atoms with Gasteiger partial charge in [-0.25, -0.2) is 0 Å². The molecule has 0 aromatic heterocycles. The molecule has 7 heteroatoms. The summed E-state index contributed by atoms with van der Waals surface area (Å²) in [5, 5.41) is 23.8. The number of hydrogen-bond acceptors (Lipinski definition) is 4. The molecular formula is C14H9Cl2N3O2. The third-order valence-corrected chi connectivity index (χ3v) is 3.41. The number of hydrogen-bond donors (Lipinski definition) is 1. The van der Waals surface area contributed by atoms with Crippen molar-refractivity contribution in [2.75, 3.05) is 5.32 Å². The number of non-ortho nitro benzene ring substituents is 1. The van der Waals surface area contributed by atoms with E-state index < -0.39 is 4.92 Å². The van der Waals surface area contributed by atoms with Gasteiger partial charge in [0, 0.05) is 28.7 Å². The molecule has 0 saturated heterocycles. The lowest BCUT2D eigenvalue weighted by Crippen LogP contribution is -2.02. The Labute approximate surface area is 130 Å². The lowest BCUT2D eigenvalue weighted by Gasteiger charge is -2.09. The van der Waals surface area contributed by atoms with Crippen LogP contribution in [-0.2, 0) is 6.54 Å². The summed E-state index contributed by atoms with van der Waals surface area (Å²) in [6.07, 6.45) is 0. The molecule has 2 aromatic rings. The van der Waals surface area contributed by atoms with E-state index in [4.69, 9.17) is 28.5 Å². The van der Waals surface area contributed by atoms with Crippen LogP contribution in [0.1, 0.15) is 11.1 Å². The third kappa shape index (κ3) is 3.63. The van der Waals surface area contributed by atoms with Crippen molar-refractivity contribution in [1.29, 1.82) is 5.26 Å². The Morgan fingerprint density at radius 1 is 1.24 bits per heavy atom. The Kier molecular flexibility index (Phi) is 4.63. The zero-order chi connectivity index (χ0) is 15.4. The Bertz CT molecular complexity index is 741. The molecular weight excluding hydrogens is 313 g/mol. The van der Waals surface area contributed by atoms with Crippen molar-refractivity contribution >= 4 is 34.6 Å².